The van der Waals surface area contributed by atoms with E-state index >= 15 is 0 Å². The van der Waals surface area contributed by atoms with Crippen molar-refractivity contribution in [2.24, 2.45) is 11.8 Å². The normalized spacial score (nSPS) is 29.1. The molecule has 2 unspecified atom stereocenters. The molecule has 0 aromatic heterocycles. The second-order valence-electron chi connectivity index (χ2n) is 9.98. The molecule has 9 heteroatoms. The number of carbonyl (C=O) groups excluding carboxylic acids is 3. The molecule has 1 spiro atoms. The zero-order valence-corrected chi connectivity index (χ0v) is 21.8. The highest BCUT2D eigenvalue weighted by Gasteiger charge is 2.75. The summed E-state index contributed by atoms with van der Waals surface area (Å²) in [6.45, 7) is 11.3. The van der Waals surface area contributed by atoms with Gasteiger partial charge >= 0.3 is 0 Å². The second kappa shape index (κ2) is 10.00. The van der Waals surface area contributed by atoms with E-state index in [1.165, 1.54) is 14.7 Å². The van der Waals surface area contributed by atoms with Crippen LogP contribution in [0.4, 0.5) is 5.69 Å². The molecule has 4 rings (SSSR count). The van der Waals surface area contributed by atoms with Crippen molar-refractivity contribution < 1.29 is 24.2 Å². The Morgan fingerprint density at radius 3 is 2.61 bits per heavy atom. The largest absolute Gasteiger partial charge is 0.394 e. The van der Waals surface area contributed by atoms with Crippen LogP contribution in [-0.4, -0.2) is 83.2 Å². The molecule has 1 aromatic carbocycles. The van der Waals surface area contributed by atoms with Crippen LogP contribution in [0.1, 0.15) is 25.3 Å². The molecule has 8 nitrogen and oxygen atoms in total. The molecule has 3 heterocycles. The highest BCUT2D eigenvalue weighted by Crippen LogP contribution is 2.59. The Bertz CT molecular complexity index is 1070. The predicted molar refractivity (Wildman–Crippen MR) is 138 cm³/mol. The molecule has 1 aromatic rings. The zero-order chi connectivity index (χ0) is 26.4. The minimum Gasteiger partial charge on any atom is -0.394 e. The number of fused-ring (bicyclic) bond motifs is 1. The van der Waals surface area contributed by atoms with Crippen LogP contribution in [0.25, 0.3) is 0 Å². The summed E-state index contributed by atoms with van der Waals surface area (Å²) in [5.41, 5.74) is 0.180. The molecule has 6 atom stereocenters. The number of ether oxygens (including phenoxy) is 1. The van der Waals surface area contributed by atoms with Gasteiger partial charge in [-0.1, -0.05) is 35.9 Å². The fourth-order valence-corrected chi connectivity index (χ4v) is 6.61. The lowest BCUT2D eigenvalue weighted by atomic mass is 9.70. The van der Waals surface area contributed by atoms with Crippen molar-refractivity contribution in [1.82, 2.24) is 9.80 Å². The lowest BCUT2D eigenvalue weighted by Crippen LogP contribution is -2.58. The van der Waals surface area contributed by atoms with Gasteiger partial charge in [0.25, 0.3) is 5.91 Å². The summed E-state index contributed by atoms with van der Waals surface area (Å²) in [7, 11) is 1.67. The lowest BCUT2D eigenvalue weighted by molar-refractivity contribution is -0.146. The number of nitrogens with zero attached hydrogens (tertiary/aromatic N) is 3. The smallest absolute Gasteiger partial charge is 0.253 e. The number of aliphatic hydroxyl groups is 1. The third kappa shape index (κ3) is 3.86. The van der Waals surface area contributed by atoms with Gasteiger partial charge in [0.1, 0.15) is 11.6 Å². The van der Waals surface area contributed by atoms with E-state index in [2.05, 4.69) is 13.2 Å². The number of rotatable bonds is 9. The third-order valence-electron chi connectivity index (χ3n) is 7.81. The third-order valence-corrected chi connectivity index (χ3v) is 8.12. The summed E-state index contributed by atoms with van der Waals surface area (Å²) in [5.74, 6) is -2.41. The molecule has 194 valence electrons. The van der Waals surface area contributed by atoms with Gasteiger partial charge in [0.05, 0.1) is 41.3 Å². The van der Waals surface area contributed by atoms with Crippen LogP contribution in [0.5, 0.6) is 0 Å². The van der Waals surface area contributed by atoms with Crippen LogP contribution in [0.15, 0.2) is 43.5 Å². The van der Waals surface area contributed by atoms with E-state index in [4.69, 9.17) is 16.3 Å². The van der Waals surface area contributed by atoms with Crippen molar-refractivity contribution in [1.29, 1.82) is 0 Å². The van der Waals surface area contributed by atoms with Crippen LogP contribution in [0, 0.1) is 18.8 Å². The monoisotopic (exact) mass is 515 g/mol. The van der Waals surface area contributed by atoms with Gasteiger partial charge in [-0.3, -0.25) is 14.4 Å². The molecule has 3 saturated heterocycles. The maximum atomic E-state index is 14.4. The fraction of sp³-hybridized carbons (Fsp3) is 0.519. The Kier molecular flexibility index (Phi) is 7.33. The van der Waals surface area contributed by atoms with Gasteiger partial charge in [-0.2, -0.15) is 0 Å². The molecule has 0 radical (unpaired) electrons. The van der Waals surface area contributed by atoms with Crippen molar-refractivity contribution in [3.63, 3.8) is 0 Å². The summed E-state index contributed by atoms with van der Waals surface area (Å²) in [4.78, 5) is 46.3. The number of aryl methyl sites for hydroxylation is 1. The molecule has 3 amide bonds. The maximum absolute atomic E-state index is 14.4. The maximum Gasteiger partial charge on any atom is 0.253 e. The van der Waals surface area contributed by atoms with E-state index in [1.54, 1.807) is 32.2 Å². The van der Waals surface area contributed by atoms with E-state index < -0.39 is 35.6 Å². The first kappa shape index (κ1) is 26.4. The number of para-hydroxylation sites is 1. The molecule has 0 aliphatic carbocycles. The van der Waals surface area contributed by atoms with E-state index in [0.29, 0.717) is 30.1 Å². The Hall–Kier alpha value is -2.68. The van der Waals surface area contributed by atoms with Crippen LogP contribution in [-0.2, 0) is 19.1 Å². The number of likely N-dealkylation sites (N-methyl/N-ethyl adjacent to an activating group) is 1. The number of hydrogen-bond acceptors (Lipinski definition) is 5. The lowest BCUT2D eigenvalue weighted by Gasteiger charge is -2.39. The molecule has 2 bridgehead atoms. The number of halogens is 1. The molecular formula is C27H34ClN3O5. The molecule has 3 aliphatic rings. The standard InChI is InChI=1S/C27H34ClN3O5/c1-6-13-29(5)24(33)20-19-11-12-27(36-19)21(20)25(34)31(17(4)15-32)23(27)26(35)30(14-7-2)22-16(3)9-8-10-18(22)28/h6-10,17,19-21,23,32H,1-2,11-15H2,3-5H3/t17-,19+,20-,21+,23?,27?/m1/s1. The summed E-state index contributed by atoms with van der Waals surface area (Å²) < 4.78 is 6.48. The zero-order valence-electron chi connectivity index (χ0n) is 21.0. The topological polar surface area (TPSA) is 90.4 Å². The van der Waals surface area contributed by atoms with Crippen molar-refractivity contribution >= 4 is 35.0 Å². The van der Waals surface area contributed by atoms with Gasteiger partial charge in [-0.25, -0.2) is 0 Å². The summed E-state index contributed by atoms with van der Waals surface area (Å²) >= 11 is 6.54. The molecular weight excluding hydrogens is 482 g/mol. The molecule has 1 N–H and O–H groups in total. The van der Waals surface area contributed by atoms with Crippen LogP contribution in [0.3, 0.4) is 0 Å². The number of aliphatic hydroxyl groups excluding tert-OH is 1. The minimum atomic E-state index is -1.16. The number of carbonyl (C=O) groups is 3. The predicted octanol–water partition coefficient (Wildman–Crippen LogP) is 2.57. The van der Waals surface area contributed by atoms with Crippen LogP contribution < -0.4 is 4.90 Å². The average molecular weight is 516 g/mol. The summed E-state index contributed by atoms with van der Waals surface area (Å²) in [5, 5.41) is 10.4. The van der Waals surface area contributed by atoms with Crippen molar-refractivity contribution in [3.05, 3.63) is 54.1 Å². The first-order valence-electron chi connectivity index (χ1n) is 12.3. The molecule has 3 fully saturated rings. The quantitative estimate of drug-likeness (QED) is 0.510. The van der Waals surface area contributed by atoms with Gasteiger partial charge in [0.15, 0.2) is 0 Å². The Balaban J connectivity index is 1.82. The van der Waals surface area contributed by atoms with Crippen molar-refractivity contribution in [3.8, 4) is 0 Å². The SMILES string of the molecule is C=CCN(C)C(=O)[C@@H]1[C@@H]2CCC3(O2)C(C(=O)N(CC=C)c2c(C)cccc2Cl)N([C@H](C)CO)C(=O)[C@H]13. The number of anilines is 1. The fourth-order valence-electron chi connectivity index (χ4n) is 6.29. The van der Waals surface area contributed by atoms with E-state index in [9.17, 15) is 19.5 Å². The van der Waals surface area contributed by atoms with E-state index in [-0.39, 0.29) is 30.9 Å². The first-order valence-corrected chi connectivity index (χ1v) is 12.7. The number of amides is 3. The highest BCUT2D eigenvalue weighted by molar-refractivity contribution is 6.34. The van der Waals surface area contributed by atoms with E-state index in [0.717, 1.165) is 5.56 Å². The summed E-state index contributed by atoms with van der Waals surface area (Å²) in [6.07, 6.45) is 3.83. The number of likely N-dealkylation sites (tertiary alicyclic amines) is 1. The van der Waals surface area contributed by atoms with Gasteiger partial charge in [0.2, 0.25) is 11.8 Å². The van der Waals surface area contributed by atoms with Gasteiger partial charge in [-0.15, -0.1) is 13.2 Å². The molecule has 3 aliphatic heterocycles. The van der Waals surface area contributed by atoms with E-state index in [1.807, 2.05) is 19.1 Å². The van der Waals surface area contributed by atoms with Gasteiger partial charge < -0.3 is 24.5 Å². The van der Waals surface area contributed by atoms with Crippen molar-refractivity contribution in [2.45, 2.75) is 50.5 Å². The van der Waals surface area contributed by atoms with Gasteiger partial charge in [-0.05, 0) is 38.3 Å². The van der Waals surface area contributed by atoms with Gasteiger partial charge in [0, 0.05) is 20.1 Å². The van der Waals surface area contributed by atoms with Crippen molar-refractivity contribution in [2.75, 3.05) is 31.6 Å². The molecule has 36 heavy (non-hydrogen) atoms. The van der Waals surface area contributed by atoms with Crippen LogP contribution in [0.2, 0.25) is 5.02 Å². The van der Waals surface area contributed by atoms with Crippen LogP contribution >= 0.6 is 11.6 Å². The molecule has 0 saturated carbocycles. The number of benzene rings is 1. The Morgan fingerprint density at radius 1 is 1.31 bits per heavy atom. The highest BCUT2D eigenvalue weighted by atomic mass is 35.5. The second-order valence-corrected chi connectivity index (χ2v) is 10.4. The minimum absolute atomic E-state index is 0.171. The first-order chi connectivity index (χ1) is 17.1. The summed E-state index contributed by atoms with van der Waals surface area (Å²) in [6, 6.07) is 3.73. The Morgan fingerprint density at radius 2 is 2.00 bits per heavy atom. The average Bonchev–Trinajstić information content (AvgIpc) is 3.49. The number of hydrogen-bond donors (Lipinski definition) is 1. The Labute approximate surface area is 217 Å².